The van der Waals surface area contributed by atoms with Gasteiger partial charge in [0.15, 0.2) is 5.11 Å². The maximum Gasteiger partial charge on any atom is 0.309 e. The number of esters is 1. The van der Waals surface area contributed by atoms with Crippen LogP contribution >= 0.6 is 12.2 Å². The molecule has 0 aromatic heterocycles. The number of ether oxygens (including phenoxy) is 1. The van der Waals surface area contributed by atoms with E-state index in [0.717, 1.165) is 24.8 Å². The smallest absolute Gasteiger partial charge is 0.309 e. The van der Waals surface area contributed by atoms with E-state index in [1.807, 2.05) is 30.3 Å². The van der Waals surface area contributed by atoms with Crippen molar-refractivity contribution in [1.82, 2.24) is 10.6 Å². The van der Waals surface area contributed by atoms with Crippen LogP contribution < -0.4 is 10.6 Å². The normalized spacial score (nSPS) is 19.0. The molecule has 1 heterocycles. The quantitative estimate of drug-likeness (QED) is 0.392. The zero-order chi connectivity index (χ0) is 18.8. The Morgan fingerprint density at radius 1 is 1.23 bits per heavy atom. The monoisotopic (exact) mass is 376 g/mol. The summed E-state index contributed by atoms with van der Waals surface area (Å²) in [5.74, 6) is -0.865. The lowest BCUT2D eigenvalue weighted by Crippen LogP contribution is -2.39. The topological polar surface area (TPSA) is 67.4 Å². The number of hydrogen-bond donors (Lipinski definition) is 2. The van der Waals surface area contributed by atoms with Crippen molar-refractivity contribution in [2.45, 2.75) is 64.5 Å². The number of carbonyl (C=O) groups excluding carboxylic acids is 2. The maximum atomic E-state index is 12.1. The number of benzene rings is 1. The van der Waals surface area contributed by atoms with Crippen molar-refractivity contribution >= 4 is 29.2 Å². The van der Waals surface area contributed by atoms with Crippen LogP contribution in [0.4, 0.5) is 0 Å². The Hall–Kier alpha value is -1.95. The maximum absolute atomic E-state index is 12.1. The molecule has 1 aliphatic heterocycles. The van der Waals surface area contributed by atoms with Crippen LogP contribution in [0.5, 0.6) is 0 Å². The summed E-state index contributed by atoms with van der Waals surface area (Å²) >= 11 is 5.15. The van der Waals surface area contributed by atoms with Gasteiger partial charge in [0.1, 0.15) is 6.10 Å². The molecule has 1 saturated heterocycles. The molecule has 0 bridgehead atoms. The van der Waals surface area contributed by atoms with E-state index in [2.05, 4.69) is 17.6 Å². The van der Waals surface area contributed by atoms with Crippen LogP contribution in [0, 0.1) is 5.92 Å². The summed E-state index contributed by atoms with van der Waals surface area (Å²) in [5, 5.41) is 5.92. The lowest BCUT2D eigenvalue weighted by Gasteiger charge is -2.11. The highest BCUT2D eigenvalue weighted by Crippen LogP contribution is 2.27. The highest BCUT2D eigenvalue weighted by Gasteiger charge is 2.35. The molecule has 6 heteroatoms. The predicted octanol–water partition coefficient (Wildman–Crippen LogP) is 3.47. The third kappa shape index (κ3) is 7.12. The Morgan fingerprint density at radius 3 is 2.73 bits per heavy atom. The van der Waals surface area contributed by atoms with Crippen molar-refractivity contribution in [3.8, 4) is 0 Å². The minimum absolute atomic E-state index is 0.0414. The summed E-state index contributed by atoms with van der Waals surface area (Å²) in [5.41, 5.74) is 1.08. The summed E-state index contributed by atoms with van der Waals surface area (Å²) in [6.07, 6.45) is 6.22. The second-order valence-corrected chi connectivity index (χ2v) is 7.17. The van der Waals surface area contributed by atoms with Gasteiger partial charge in [0.25, 0.3) is 0 Å². The van der Waals surface area contributed by atoms with Gasteiger partial charge >= 0.3 is 5.97 Å². The summed E-state index contributed by atoms with van der Waals surface area (Å²) in [7, 11) is 0. The lowest BCUT2D eigenvalue weighted by atomic mass is 9.98. The molecule has 1 aromatic carbocycles. The van der Waals surface area contributed by atoms with Crippen molar-refractivity contribution in [2.24, 2.45) is 5.92 Å². The van der Waals surface area contributed by atoms with Gasteiger partial charge in [-0.2, -0.15) is 0 Å². The fraction of sp³-hybridized carbons (Fsp3) is 0.550. The molecule has 26 heavy (non-hydrogen) atoms. The molecule has 5 nitrogen and oxygen atoms in total. The molecule has 142 valence electrons. The Labute approximate surface area is 160 Å². The van der Waals surface area contributed by atoms with Gasteiger partial charge in [-0.05, 0) is 37.0 Å². The first-order valence-electron chi connectivity index (χ1n) is 9.40. The van der Waals surface area contributed by atoms with Gasteiger partial charge < -0.3 is 15.4 Å². The number of carbonyl (C=O) groups is 2. The number of nitrogens with one attached hydrogen (secondary N) is 2. The second-order valence-electron chi connectivity index (χ2n) is 6.76. The number of hydrogen-bond acceptors (Lipinski definition) is 4. The molecule has 0 aliphatic carbocycles. The van der Waals surface area contributed by atoms with E-state index in [9.17, 15) is 9.59 Å². The molecular weight excluding hydrogens is 348 g/mol. The fourth-order valence-corrected chi connectivity index (χ4v) is 3.27. The van der Waals surface area contributed by atoms with Gasteiger partial charge in [-0.15, -0.1) is 0 Å². The first-order valence-corrected chi connectivity index (χ1v) is 9.81. The van der Waals surface area contributed by atoms with Crippen LogP contribution in [0.2, 0.25) is 0 Å². The van der Waals surface area contributed by atoms with E-state index in [-0.39, 0.29) is 35.4 Å². The van der Waals surface area contributed by atoms with Crippen molar-refractivity contribution in [2.75, 3.05) is 0 Å². The second kappa shape index (κ2) is 10.9. The molecule has 1 fully saturated rings. The number of unbranched alkanes of at least 4 members (excludes halogenated alkanes) is 3. The van der Waals surface area contributed by atoms with Crippen LogP contribution in [-0.2, 0) is 20.9 Å². The van der Waals surface area contributed by atoms with Crippen LogP contribution in [0.3, 0.4) is 0 Å². The van der Waals surface area contributed by atoms with Gasteiger partial charge in [-0.3, -0.25) is 9.59 Å². The van der Waals surface area contributed by atoms with E-state index in [4.69, 9.17) is 17.0 Å². The molecule has 2 N–H and O–H groups in total. The van der Waals surface area contributed by atoms with E-state index >= 15 is 0 Å². The van der Waals surface area contributed by atoms with Crippen LogP contribution in [-0.4, -0.2) is 23.1 Å². The fourth-order valence-electron chi connectivity index (χ4n) is 3.09. The van der Waals surface area contributed by atoms with Crippen molar-refractivity contribution in [3.05, 3.63) is 35.9 Å². The van der Waals surface area contributed by atoms with Crippen LogP contribution in [0.25, 0.3) is 0 Å². The minimum atomic E-state index is -0.358. The molecule has 0 radical (unpaired) electrons. The standard InChI is InChI=1S/C20H28N2O3S/c1-2-3-4-8-11-17-12-16(19(24)25-17)13-18(23)22-20(26)21-14-15-9-6-5-7-10-15/h5-7,9-10,16-17H,2-4,8,11-14H2,1H3,(H2,21,22,23,26)/t16-,17+/m0/s1. The Morgan fingerprint density at radius 2 is 2.00 bits per heavy atom. The lowest BCUT2D eigenvalue weighted by molar-refractivity contribution is -0.145. The van der Waals surface area contributed by atoms with Crippen molar-refractivity contribution in [3.63, 3.8) is 0 Å². The average molecular weight is 377 g/mol. The molecule has 0 unspecified atom stereocenters. The molecule has 0 saturated carbocycles. The molecule has 0 spiro atoms. The Kier molecular flexibility index (Phi) is 8.54. The van der Waals surface area contributed by atoms with Crippen molar-refractivity contribution < 1.29 is 14.3 Å². The number of amides is 1. The average Bonchev–Trinajstić information content (AvgIpc) is 2.97. The zero-order valence-electron chi connectivity index (χ0n) is 15.3. The van der Waals surface area contributed by atoms with Gasteiger partial charge in [-0.25, -0.2) is 0 Å². The molecule has 1 aliphatic rings. The third-order valence-electron chi connectivity index (χ3n) is 4.52. The first-order chi connectivity index (χ1) is 12.6. The Bertz CT molecular complexity index is 606. The molecule has 2 atom stereocenters. The SMILES string of the molecule is CCCCCC[C@@H]1C[C@@H](CC(=O)NC(=S)NCc2ccccc2)C(=O)O1. The highest BCUT2D eigenvalue weighted by atomic mass is 32.1. The largest absolute Gasteiger partial charge is 0.462 e. The van der Waals surface area contributed by atoms with Gasteiger partial charge in [-0.1, -0.05) is 56.5 Å². The third-order valence-corrected chi connectivity index (χ3v) is 4.77. The predicted molar refractivity (Wildman–Crippen MR) is 105 cm³/mol. The summed E-state index contributed by atoms with van der Waals surface area (Å²) < 4.78 is 5.40. The first kappa shape index (κ1) is 20.4. The number of rotatable bonds is 9. The van der Waals surface area contributed by atoms with Gasteiger partial charge in [0.2, 0.25) is 5.91 Å². The van der Waals surface area contributed by atoms with E-state index in [1.54, 1.807) is 0 Å². The van der Waals surface area contributed by atoms with E-state index < -0.39 is 0 Å². The Balaban J connectivity index is 1.66. The van der Waals surface area contributed by atoms with Crippen LogP contribution in [0.15, 0.2) is 30.3 Å². The highest BCUT2D eigenvalue weighted by molar-refractivity contribution is 7.80. The van der Waals surface area contributed by atoms with Crippen LogP contribution in [0.1, 0.15) is 57.4 Å². The molecule has 2 rings (SSSR count). The van der Waals surface area contributed by atoms with Crippen molar-refractivity contribution in [1.29, 1.82) is 0 Å². The van der Waals surface area contributed by atoms with Gasteiger partial charge in [0, 0.05) is 13.0 Å². The molecular formula is C20H28N2O3S. The molecule has 1 amide bonds. The molecule has 1 aromatic rings. The minimum Gasteiger partial charge on any atom is -0.462 e. The summed E-state index contributed by atoms with van der Waals surface area (Å²) in [4.78, 5) is 24.1. The van der Waals surface area contributed by atoms with E-state index in [1.165, 1.54) is 12.8 Å². The van der Waals surface area contributed by atoms with Gasteiger partial charge in [0.05, 0.1) is 5.92 Å². The summed E-state index contributed by atoms with van der Waals surface area (Å²) in [6, 6.07) is 9.80. The number of thiocarbonyl (C=S) groups is 1. The van der Waals surface area contributed by atoms with E-state index in [0.29, 0.717) is 13.0 Å². The number of cyclic esters (lactones) is 1. The summed E-state index contributed by atoms with van der Waals surface area (Å²) in [6.45, 7) is 2.72. The zero-order valence-corrected chi connectivity index (χ0v) is 16.1.